The van der Waals surface area contributed by atoms with E-state index in [0.29, 0.717) is 36.8 Å². The van der Waals surface area contributed by atoms with Crippen LogP contribution in [0.4, 0.5) is 10.1 Å². The Hall–Kier alpha value is -2.20. The van der Waals surface area contributed by atoms with Crippen LogP contribution < -0.4 is 20.2 Å². The Bertz CT molecular complexity index is 1040. The number of Topliss-reactive ketones (excluding diaryl/α,β-unsaturated/α-hetero) is 1. The van der Waals surface area contributed by atoms with Gasteiger partial charge in [0.15, 0.2) is 11.9 Å². The van der Waals surface area contributed by atoms with E-state index in [4.69, 9.17) is 32.7 Å². The molecule has 2 heterocycles. The van der Waals surface area contributed by atoms with E-state index >= 15 is 0 Å². The third-order valence-corrected chi connectivity index (χ3v) is 6.21. The second-order valence-electron chi connectivity index (χ2n) is 8.14. The number of ketones is 1. The van der Waals surface area contributed by atoms with E-state index in [2.05, 4.69) is 10.7 Å². The van der Waals surface area contributed by atoms with Crippen LogP contribution in [0.2, 0.25) is 10.0 Å². The summed E-state index contributed by atoms with van der Waals surface area (Å²) in [4.78, 5) is 24.9. The van der Waals surface area contributed by atoms with Crippen molar-refractivity contribution in [3.05, 3.63) is 52.3 Å². The smallest absolute Gasteiger partial charge is 0.277 e. The highest BCUT2D eigenvalue weighted by atomic mass is 35.5. The normalized spacial score (nSPS) is 18.0. The molecular formula is C23H26Cl2FN3O4S. The van der Waals surface area contributed by atoms with Gasteiger partial charge >= 0.3 is 0 Å². The average Bonchev–Trinajstić information content (AvgIpc) is 2.80. The Morgan fingerprint density at radius 3 is 2.68 bits per heavy atom. The predicted molar refractivity (Wildman–Crippen MR) is 134 cm³/mol. The molecule has 0 aromatic heterocycles. The van der Waals surface area contributed by atoms with Crippen LogP contribution in [0.15, 0.2) is 36.4 Å². The second kappa shape index (κ2) is 12.0. The summed E-state index contributed by atoms with van der Waals surface area (Å²) < 4.78 is 24.6. The largest absolute Gasteiger partial charge is 0.486 e. The first-order valence-electron chi connectivity index (χ1n) is 10.7. The van der Waals surface area contributed by atoms with Crippen LogP contribution in [0.1, 0.15) is 19.3 Å². The van der Waals surface area contributed by atoms with Gasteiger partial charge in [0.1, 0.15) is 23.9 Å². The number of ether oxygens (including phenoxy) is 2. The summed E-state index contributed by atoms with van der Waals surface area (Å²) in [7, 11) is 0. The fraction of sp³-hybridized carbons (Fsp3) is 0.391. The van der Waals surface area contributed by atoms with Crippen molar-refractivity contribution in [3.8, 4) is 11.5 Å². The Kier molecular flexibility index (Phi) is 9.30. The van der Waals surface area contributed by atoms with E-state index in [1.54, 1.807) is 18.2 Å². The van der Waals surface area contributed by atoms with Gasteiger partial charge in [-0.25, -0.2) is 9.40 Å². The van der Waals surface area contributed by atoms with Crippen molar-refractivity contribution in [2.24, 2.45) is 5.92 Å². The molecule has 2 N–H and O–H groups in total. The quantitative estimate of drug-likeness (QED) is 0.559. The molecule has 4 rings (SSSR count). The molecule has 2 aromatic carbocycles. The fourth-order valence-corrected chi connectivity index (χ4v) is 4.16. The standard InChI is InChI=1S/C23H24Cl2FN3O4.H2S/c24-15-1-4-21-20(10-15)27-12-22(33-21)23(31)28-29-7-5-14(6-8-29)9-16(30)13-32-17-2-3-18(25)19(26)11-17;/h1-4,10-11,14,22,27H,5-9,12-13H2,(H,28,31);1H2. The minimum absolute atomic E-state index is 0. The van der Waals surface area contributed by atoms with Crippen LogP contribution in [0.25, 0.3) is 0 Å². The first-order valence-corrected chi connectivity index (χ1v) is 11.5. The third kappa shape index (κ3) is 6.91. The molecule has 11 heteroatoms. The van der Waals surface area contributed by atoms with Crippen molar-refractivity contribution < 1.29 is 23.5 Å². The zero-order valence-corrected chi connectivity index (χ0v) is 20.8. The Labute approximate surface area is 214 Å². The van der Waals surface area contributed by atoms with Crippen LogP contribution in [0, 0.1) is 11.7 Å². The highest BCUT2D eigenvalue weighted by Crippen LogP contribution is 2.31. The molecule has 1 saturated heterocycles. The summed E-state index contributed by atoms with van der Waals surface area (Å²) >= 11 is 11.6. The maximum atomic E-state index is 13.5. The predicted octanol–water partition coefficient (Wildman–Crippen LogP) is 4.20. The molecule has 0 radical (unpaired) electrons. The molecular weight excluding hydrogens is 504 g/mol. The summed E-state index contributed by atoms with van der Waals surface area (Å²) in [5, 5.41) is 5.63. The van der Waals surface area contributed by atoms with E-state index in [1.165, 1.54) is 12.1 Å². The molecule has 34 heavy (non-hydrogen) atoms. The first-order chi connectivity index (χ1) is 15.9. The lowest BCUT2D eigenvalue weighted by Crippen LogP contribution is -2.53. The van der Waals surface area contributed by atoms with Crippen molar-refractivity contribution in [2.45, 2.75) is 25.4 Å². The number of carbonyl (C=O) groups excluding carboxylic acids is 2. The Balaban J connectivity index is 0.00000324. The monoisotopic (exact) mass is 529 g/mol. The molecule has 2 aliphatic heterocycles. The molecule has 0 spiro atoms. The topological polar surface area (TPSA) is 79.9 Å². The van der Waals surface area contributed by atoms with Gasteiger partial charge in [-0.1, -0.05) is 23.2 Å². The van der Waals surface area contributed by atoms with Crippen LogP contribution >= 0.6 is 36.7 Å². The third-order valence-electron chi connectivity index (χ3n) is 5.67. The van der Waals surface area contributed by atoms with Crippen LogP contribution in [-0.4, -0.2) is 49.0 Å². The van der Waals surface area contributed by atoms with Gasteiger partial charge in [0, 0.05) is 30.6 Å². The lowest BCUT2D eigenvalue weighted by molar-refractivity contribution is -0.133. The highest BCUT2D eigenvalue weighted by molar-refractivity contribution is 7.59. The molecule has 184 valence electrons. The maximum Gasteiger partial charge on any atom is 0.277 e. The zero-order valence-electron chi connectivity index (χ0n) is 18.3. The number of fused-ring (bicyclic) bond motifs is 1. The minimum atomic E-state index is -0.646. The number of hydrazine groups is 1. The summed E-state index contributed by atoms with van der Waals surface area (Å²) in [5.74, 6) is 0.216. The van der Waals surface area contributed by atoms with Crippen LogP contribution in [-0.2, 0) is 9.59 Å². The highest BCUT2D eigenvalue weighted by Gasteiger charge is 2.29. The van der Waals surface area contributed by atoms with Crippen molar-refractivity contribution >= 4 is 54.1 Å². The van der Waals surface area contributed by atoms with Gasteiger partial charge in [-0.2, -0.15) is 13.5 Å². The molecule has 0 aliphatic carbocycles. The number of carbonyl (C=O) groups is 2. The molecule has 1 unspecified atom stereocenters. The zero-order chi connectivity index (χ0) is 23.4. The molecule has 2 aliphatic rings. The first kappa shape index (κ1) is 26.4. The molecule has 0 saturated carbocycles. The van der Waals surface area contributed by atoms with Crippen molar-refractivity contribution in [1.82, 2.24) is 10.4 Å². The number of rotatable bonds is 7. The van der Waals surface area contributed by atoms with Gasteiger partial charge in [-0.05, 0) is 49.1 Å². The number of nitrogens with one attached hydrogen (secondary N) is 2. The average molecular weight is 530 g/mol. The van der Waals surface area contributed by atoms with Gasteiger partial charge in [0.05, 0.1) is 17.3 Å². The van der Waals surface area contributed by atoms with E-state index in [1.807, 2.05) is 5.01 Å². The summed E-state index contributed by atoms with van der Waals surface area (Å²) in [6, 6.07) is 9.29. The van der Waals surface area contributed by atoms with Gasteiger partial charge in [-0.3, -0.25) is 15.0 Å². The minimum Gasteiger partial charge on any atom is -0.486 e. The molecule has 2 aromatic rings. The summed E-state index contributed by atoms with van der Waals surface area (Å²) in [5.41, 5.74) is 3.67. The van der Waals surface area contributed by atoms with E-state index < -0.39 is 11.9 Å². The van der Waals surface area contributed by atoms with Crippen LogP contribution in [0.3, 0.4) is 0 Å². The van der Waals surface area contributed by atoms with E-state index in [9.17, 15) is 14.0 Å². The molecule has 1 fully saturated rings. The summed E-state index contributed by atoms with van der Waals surface area (Å²) in [6.45, 7) is 1.51. The number of hydrogen-bond donors (Lipinski definition) is 2. The van der Waals surface area contributed by atoms with Crippen molar-refractivity contribution in [2.75, 3.05) is 31.6 Å². The second-order valence-corrected chi connectivity index (χ2v) is 8.99. The summed E-state index contributed by atoms with van der Waals surface area (Å²) in [6.07, 6.45) is 1.28. The van der Waals surface area contributed by atoms with E-state index in [-0.39, 0.29) is 48.5 Å². The Morgan fingerprint density at radius 1 is 1.18 bits per heavy atom. The number of amides is 1. The van der Waals surface area contributed by atoms with Crippen molar-refractivity contribution in [1.29, 1.82) is 0 Å². The number of anilines is 1. The van der Waals surface area contributed by atoms with Crippen molar-refractivity contribution in [3.63, 3.8) is 0 Å². The Morgan fingerprint density at radius 2 is 1.94 bits per heavy atom. The number of hydrogen-bond acceptors (Lipinski definition) is 6. The molecule has 1 atom stereocenters. The number of benzene rings is 2. The van der Waals surface area contributed by atoms with Gasteiger partial charge < -0.3 is 14.8 Å². The maximum absolute atomic E-state index is 13.5. The molecule has 0 bridgehead atoms. The molecule has 1 amide bonds. The van der Waals surface area contributed by atoms with Gasteiger partial charge in [0.2, 0.25) is 0 Å². The number of nitrogens with zero attached hydrogens (tertiary/aromatic N) is 1. The fourth-order valence-electron chi connectivity index (χ4n) is 3.88. The van der Waals surface area contributed by atoms with E-state index in [0.717, 1.165) is 24.6 Å². The lowest BCUT2D eigenvalue weighted by Gasteiger charge is -2.34. The van der Waals surface area contributed by atoms with Crippen LogP contribution in [0.5, 0.6) is 11.5 Å². The van der Waals surface area contributed by atoms with Gasteiger partial charge in [0.25, 0.3) is 5.91 Å². The lowest BCUT2D eigenvalue weighted by atomic mass is 9.92. The number of halogens is 3. The number of piperidine rings is 1. The van der Waals surface area contributed by atoms with Gasteiger partial charge in [-0.15, -0.1) is 0 Å². The molecule has 7 nitrogen and oxygen atoms in total. The SMILES string of the molecule is O=C(COc1ccc(Cl)c(F)c1)CC1CCN(NC(=O)C2CNc3cc(Cl)ccc3O2)CC1.S.